The lowest BCUT2D eigenvalue weighted by molar-refractivity contribution is 0.0714. The Bertz CT molecular complexity index is 714. The van der Waals surface area contributed by atoms with Gasteiger partial charge in [0, 0.05) is 12.6 Å². The van der Waals surface area contributed by atoms with Gasteiger partial charge >= 0.3 is 0 Å². The van der Waals surface area contributed by atoms with Gasteiger partial charge in [0.15, 0.2) is 11.6 Å². The normalized spacial score (nSPS) is 17.0. The molecule has 0 fully saturated rings. The molecule has 0 aliphatic heterocycles. The van der Waals surface area contributed by atoms with Crippen LogP contribution in [0.4, 0.5) is 8.78 Å². The number of fused-ring (bicyclic) bond motifs is 1. The Morgan fingerprint density at radius 3 is 2.68 bits per heavy atom. The molecule has 2 aromatic carbocycles. The van der Waals surface area contributed by atoms with E-state index in [-0.39, 0.29) is 17.5 Å². The van der Waals surface area contributed by atoms with Gasteiger partial charge in [-0.1, -0.05) is 24.3 Å². The maximum absolute atomic E-state index is 13.3. The van der Waals surface area contributed by atoms with Crippen LogP contribution in [0.25, 0.3) is 0 Å². The summed E-state index contributed by atoms with van der Waals surface area (Å²) in [6, 6.07) is 11.3. The summed E-state index contributed by atoms with van der Waals surface area (Å²) < 4.78 is 26.4. The molecule has 1 atom stereocenters. The van der Waals surface area contributed by atoms with Crippen LogP contribution in [0.2, 0.25) is 0 Å². The Kier molecular flexibility index (Phi) is 3.92. The maximum Gasteiger partial charge on any atom is 0.254 e. The van der Waals surface area contributed by atoms with Crippen LogP contribution < -0.4 is 0 Å². The molecule has 0 saturated carbocycles. The molecule has 1 aliphatic rings. The summed E-state index contributed by atoms with van der Waals surface area (Å²) in [6.45, 7) is 0. The van der Waals surface area contributed by atoms with E-state index in [0.717, 1.165) is 37.0 Å². The fourth-order valence-electron chi connectivity index (χ4n) is 3.10. The zero-order valence-electron chi connectivity index (χ0n) is 12.4. The van der Waals surface area contributed by atoms with Crippen LogP contribution in [-0.2, 0) is 6.42 Å². The lowest BCUT2D eigenvalue weighted by Gasteiger charge is -2.33. The number of halogens is 2. The van der Waals surface area contributed by atoms with E-state index in [9.17, 15) is 13.6 Å². The molecule has 3 rings (SSSR count). The maximum atomic E-state index is 13.3. The third-order valence-electron chi connectivity index (χ3n) is 4.29. The molecule has 4 heteroatoms. The molecule has 1 aliphatic carbocycles. The van der Waals surface area contributed by atoms with Crippen LogP contribution in [0.3, 0.4) is 0 Å². The molecule has 0 N–H and O–H groups in total. The number of hydrogen-bond donors (Lipinski definition) is 0. The van der Waals surface area contributed by atoms with Gasteiger partial charge in [-0.25, -0.2) is 8.78 Å². The summed E-state index contributed by atoms with van der Waals surface area (Å²) in [6.07, 6.45) is 2.90. The van der Waals surface area contributed by atoms with E-state index in [1.165, 1.54) is 11.6 Å². The van der Waals surface area contributed by atoms with Crippen LogP contribution in [-0.4, -0.2) is 17.9 Å². The SMILES string of the molecule is CN(C(=O)c1ccc(F)c(F)c1)[C@H]1CCCc2ccccc21. The summed E-state index contributed by atoms with van der Waals surface area (Å²) in [5.74, 6) is -2.23. The van der Waals surface area contributed by atoms with Gasteiger partial charge in [0.05, 0.1) is 6.04 Å². The van der Waals surface area contributed by atoms with Crippen LogP contribution >= 0.6 is 0 Å². The minimum atomic E-state index is -0.997. The van der Waals surface area contributed by atoms with Crippen molar-refractivity contribution >= 4 is 5.91 Å². The number of hydrogen-bond acceptors (Lipinski definition) is 1. The van der Waals surface area contributed by atoms with Gasteiger partial charge in [-0.15, -0.1) is 0 Å². The Morgan fingerprint density at radius 1 is 1.14 bits per heavy atom. The van der Waals surface area contributed by atoms with E-state index in [1.807, 2.05) is 18.2 Å². The van der Waals surface area contributed by atoms with Gasteiger partial charge in [-0.05, 0) is 48.6 Å². The Balaban J connectivity index is 1.89. The van der Waals surface area contributed by atoms with E-state index in [1.54, 1.807) is 11.9 Å². The van der Waals surface area contributed by atoms with Crippen LogP contribution in [0, 0.1) is 11.6 Å². The number of nitrogens with zero attached hydrogens (tertiary/aromatic N) is 1. The molecule has 2 aromatic rings. The number of benzene rings is 2. The van der Waals surface area contributed by atoms with E-state index in [4.69, 9.17) is 0 Å². The van der Waals surface area contributed by atoms with Crippen LogP contribution in [0.1, 0.15) is 40.4 Å². The van der Waals surface area contributed by atoms with Crippen molar-refractivity contribution in [2.45, 2.75) is 25.3 Å². The van der Waals surface area contributed by atoms with Crippen LogP contribution in [0.5, 0.6) is 0 Å². The molecule has 114 valence electrons. The number of carbonyl (C=O) groups excluding carboxylic acids is 1. The van der Waals surface area contributed by atoms with Crippen LogP contribution in [0.15, 0.2) is 42.5 Å². The highest BCUT2D eigenvalue weighted by Gasteiger charge is 2.27. The Morgan fingerprint density at radius 2 is 1.91 bits per heavy atom. The van der Waals surface area contributed by atoms with Gasteiger partial charge < -0.3 is 4.90 Å². The summed E-state index contributed by atoms with van der Waals surface area (Å²) >= 11 is 0. The predicted molar refractivity (Wildman–Crippen MR) is 80.6 cm³/mol. The smallest absolute Gasteiger partial charge is 0.254 e. The summed E-state index contributed by atoms with van der Waals surface area (Å²) in [4.78, 5) is 14.2. The molecule has 0 aromatic heterocycles. The van der Waals surface area contributed by atoms with Crippen molar-refractivity contribution in [2.75, 3.05) is 7.05 Å². The number of carbonyl (C=O) groups is 1. The standard InChI is InChI=1S/C18H17F2NO/c1-21(18(22)13-9-10-15(19)16(20)11-13)17-8-4-6-12-5-2-3-7-14(12)17/h2-3,5,7,9-11,17H,4,6,8H2,1H3/t17-/m0/s1. The first-order valence-electron chi connectivity index (χ1n) is 7.38. The summed E-state index contributed by atoms with van der Waals surface area (Å²) in [5, 5.41) is 0. The first-order valence-corrected chi connectivity index (χ1v) is 7.38. The number of amides is 1. The van der Waals surface area contributed by atoms with E-state index < -0.39 is 11.6 Å². The highest BCUT2D eigenvalue weighted by Crippen LogP contribution is 2.34. The fraction of sp³-hybridized carbons (Fsp3) is 0.278. The first-order chi connectivity index (χ1) is 10.6. The molecular formula is C18H17F2NO. The summed E-state index contributed by atoms with van der Waals surface area (Å²) in [7, 11) is 1.72. The largest absolute Gasteiger partial charge is 0.335 e. The highest BCUT2D eigenvalue weighted by molar-refractivity contribution is 5.94. The molecule has 0 radical (unpaired) electrons. The topological polar surface area (TPSA) is 20.3 Å². The van der Waals surface area contributed by atoms with Gasteiger partial charge in [-0.3, -0.25) is 4.79 Å². The van der Waals surface area contributed by atoms with Crippen molar-refractivity contribution in [3.63, 3.8) is 0 Å². The second-order valence-electron chi connectivity index (χ2n) is 5.65. The van der Waals surface area contributed by atoms with Crippen molar-refractivity contribution in [2.24, 2.45) is 0 Å². The van der Waals surface area contributed by atoms with Crippen molar-refractivity contribution in [3.05, 3.63) is 70.8 Å². The zero-order valence-corrected chi connectivity index (χ0v) is 12.4. The molecular weight excluding hydrogens is 284 g/mol. The van der Waals surface area contributed by atoms with Crippen molar-refractivity contribution in [3.8, 4) is 0 Å². The predicted octanol–water partition coefficient (Wildman–Crippen LogP) is 4.11. The molecule has 22 heavy (non-hydrogen) atoms. The lowest BCUT2D eigenvalue weighted by Crippen LogP contribution is -2.33. The van der Waals surface area contributed by atoms with Gasteiger partial charge in [0.1, 0.15) is 0 Å². The van der Waals surface area contributed by atoms with Crippen molar-refractivity contribution < 1.29 is 13.6 Å². The van der Waals surface area contributed by atoms with Crippen molar-refractivity contribution in [1.82, 2.24) is 4.90 Å². The van der Waals surface area contributed by atoms with Crippen molar-refractivity contribution in [1.29, 1.82) is 0 Å². The third-order valence-corrected chi connectivity index (χ3v) is 4.29. The second-order valence-corrected chi connectivity index (χ2v) is 5.65. The second kappa shape index (κ2) is 5.87. The monoisotopic (exact) mass is 301 g/mol. The zero-order chi connectivity index (χ0) is 15.7. The molecule has 2 nitrogen and oxygen atoms in total. The first kappa shape index (κ1) is 14.7. The molecule has 1 amide bonds. The van der Waals surface area contributed by atoms with E-state index in [0.29, 0.717) is 0 Å². The fourth-order valence-corrected chi connectivity index (χ4v) is 3.10. The average molecular weight is 301 g/mol. The minimum Gasteiger partial charge on any atom is -0.335 e. The average Bonchev–Trinajstić information content (AvgIpc) is 2.55. The molecule has 0 bridgehead atoms. The van der Waals surface area contributed by atoms with E-state index >= 15 is 0 Å². The summed E-state index contributed by atoms with van der Waals surface area (Å²) in [5.41, 5.74) is 2.57. The highest BCUT2D eigenvalue weighted by atomic mass is 19.2. The minimum absolute atomic E-state index is 0.0226. The molecule has 0 unspecified atom stereocenters. The molecule has 0 heterocycles. The lowest BCUT2D eigenvalue weighted by atomic mass is 9.87. The van der Waals surface area contributed by atoms with Gasteiger partial charge in [0.2, 0.25) is 0 Å². The third kappa shape index (κ3) is 2.61. The molecule has 0 saturated heterocycles. The van der Waals surface area contributed by atoms with Gasteiger partial charge in [0.25, 0.3) is 5.91 Å². The van der Waals surface area contributed by atoms with E-state index in [2.05, 4.69) is 6.07 Å². The quantitative estimate of drug-likeness (QED) is 0.817. The Hall–Kier alpha value is -2.23. The number of aryl methyl sites for hydroxylation is 1. The molecule has 0 spiro atoms. The van der Waals surface area contributed by atoms with Gasteiger partial charge in [-0.2, -0.15) is 0 Å². The number of rotatable bonds is 2. The Labute approximate surface area is 128 Å².